The number of hydrogen-bond acceptors (Lipinski definition) is 10. The number of nitrogens with one attached hydrogen (secondary N) is 1. The van der Waals surface area contributed by atoms with Crippen molar-refractivity contribution in [2.24, 2.45) is 0 Å². The fourth-order valence-corrected chi connectivity index (χ4v) is 2.61. The van der Waals surface area contributed by atoms with Crippen molar-refractivity contribution in [3.8, 4) is 12.1 Å². The van der Waals surface area contributed by atoms with Gasteiger partial charge in [-0.2, -0.15) is 10.5 Å². The highest BCUT2D eigenvalue weighted by atomic mass is 16.6. The van der Waals surface area contributed by atoms with Gasteiger partial charge in [-0.05, 0) is 13.0 Å². The van der Waals surface area contributed by atoms with Crippen LogP contribution in [0.4, 0.5) is 17.3 Å². The Morgan fingerprint density at radius 1 is 1.31 bits per heavy atom. The Kier molecular flexibility index (Phi) is 7.49. The minimum atomic E-state index is -0.596. The van der Waals surface area contributed by atoms with Gasteiger partial charge in [-0.3, -0.25) is 15.0 Å². The van der Waals surface area contributed by atoms with E-state index in [1.165, 1.54) is 11.2 Å². The monoisotopic (exact) mass is 360 g/mol. The van der Waals surface area contributed by atoms with E-state index in [0.29, 0.717) is 6.54 Å². The first-order chi connectivity index (χ1) is 12.7. The molecule has 0 saturated carbocycles. The maximum Gasteiger partial charge on any atom is 0.353 e. The van der Waals surface area contributed by atoms with Crippen LogP contribution in [0.15, 0.2) is 6.33 Å². The Balaban J connectivity index is 2.05. The van der Waals surface area contributed by atoms with Gasteiger partial charge in [-0.25, -0.2) is 9.97 Å². The van der Waals surface area contributed by atoms with Crippen molar-refractivity contribution in [2.75, 3.05) is 62.7 Å². The zero-order chi connectivity index (χ0) is 18.8. The molecule has 1 N–H and O–H groups in total. The minimum Gasteiger partial charge on any atom is -0.379 e. The lowest BCUT2D eigenvalue weighted by Crippen LogP contribution is -2.37. The molecule has 138 valence electrons. The molecule has 2 heterocycles. The highest BCUT2D eigenvalue weighted by Crippen LogP contribution is 2.31. The molecule has 1 fully saturated rings. The summed E-state index contributed by atoms with van der Waals surface area (Å²) in [5.74, 6) is 0.0478. The standard InChI is InChI=1S/C15H20N8O3/c16-2-6-22(7-3-17)15-13(23(24)25)14(19-12-20-15)18-4-1-5-21-8-10-26-11-9-21/h12H,1,4-11H2,(H,18,19,20). The third kappa shape index (κ3) is 5.24. The molecule has 1 aromatic heterocycles. The maximum absolute atomic E-state index is 11.5. The van der Waals surface area contributed by atoms with E-state index in [1.807, 2.05) is 12.1 Å². The van der Waals surface area contributed by atoms with Crippen molar-refractivity contribution in [1.82, 2.24) is 14.9 Å². The minimum absolute atomic E-state index is 0.0382. The van der Waals surface area contributed by atoms with E-state index >= 15 is 0 Å². The number of nitrogens with zero attached hydrogens (tertiary/aromatic N) is 7. The number of nitriles is 2. The molecule has 11 nitrogen and oxygen atoms in total. The predicted molar refractivity (Wildman–Crippen MR) is 92.5 cm³/mol. The zero-order valence-corrected chi connectivity index (χ0v) is 14.3. The molecule has 1 aromatic rings. The topological polar surface area (TPSA) is 144 Å². The third-order valence-electron chi connectivity index (χ3n) is 3.86. The predicted octanol–water partition coefficient (Wildman–Crippen LogP) is 0.373. The normalized spacial score (nSPS) is 14.2. The summed E-state index contributed by atoms with van der Waals surface area (Å²) in [6.45, 7) is 4.22. The number of anilines is 2. The molecule has 0 atom stereocenters. The zero-order valence-electron chi connectivity index (χ0n) is 14.3. The summed E-state index contributed by atoms with van der Waals surface area (Å²) >= 11 is 0. The van der Waals surface area contributed by atoms with Gasteiger partial charge in [0.25, 0.3) is 0 Å². The first-order valence-corrected chi connectivity index (χ1v) is 8.19. The number of ether oxygens (including phenoxy) is 1. The van der Waals surface area contributed by atoms with Gasteiger partial charge >= 0.3 is 5.69 Å². The van der Waals surface area contributed by atoms with Crippen molar-refractivity contribution >= 4 is 17.3 Å². The lowest BCUT2D eigenvalue weighted by Gasteiger charge is -2.26. The van der Waals surface area contributed by atoms with Crippen LogP contribution in [-0.4, -0.2) is 72.3 Å². The van der Waals surface area contributed by atoms with Crippen LogP contribution in [0.3, 0.4) is 0 Å². The molecule has 2 rings (SSSR count). The van der Waals surface area contributed by atoms with Crippen LogP contribution in [0.1, 0.15) is 6.42 Å². The van der Waals surface area contributed by atoms with E-state index in [-0.39, 0.29) is 30.4 Å². The Labute approximate surface area is 151 Å². The molecule has 0 aromatic carbocycles. The van der Waals surface area contributed by atoms with Gasteiger partial charge in [0.2, 0.25) is 11.6 Å². The van der Waals surface area contributed by atoms with Gasteiger partial charge in [0.1, 0.15) is 19.4 Å². The van der Waals surface area contributed by atoms with Crippen molar-refractivity contribution in [1.29, 1.82) is 10.5 Å². The van der Waals surface area contributed by atoms with Gasteiger partial charge in [-0.1, -0.05) is 0 Å². The number of nitro groups is 1. The van der Waals surface area contributed by atoms with E-state index < -0.39 is 4.92 Å². The lowest BCUT2D eigenvalue weighted by atomic mass is 10.3. The number of hydrogen-bond donors (Lipinski definition) is 1. The van der Waals surface area contributed by atoms with E-state index in [9.17, 15) is 10.1 Å². The average Bonchev–Trinajstić information content (AvgIpc) is 2.65. The van der Waals surface area contributed by atoms with Crippen LogP contribution in [-0.2, 0) is 4.74 Å². The molecule has 26 heavy (non-hydrogen) atoms. The summed E-state index contributed by atoms with van der Waals surface area (Å²) in [7, 11) is 0. The number of rotatable bonds is 9. The summed E-state index contributed by atoms with van der Waals surface area (Å²) in [5, 5.41) is 32.2. The summed E-state index contributed by atoms with van der Waals surface area (Å²) in [5.41, 5.74) is -0.329. The van der Waals surface area contributed by atoms with E-state index in [2.05, 4.69) is 20.2 Å². The Morgan fingerprint density at radius 2 is 2.00 bits per heavy atom. The quantitative estimate of drug-likeness (QED) is 0.284. The highest BCUT2D eigenvalue weighted by molar-refractivity contribution is 5.70. The molecule has 11 heteroatoms. The van der Waals surface area contributed by atoms with Gasteiger partial charge in [0, 0.05) is 19.6 Å². The van der Waals surface area contributed by atoms with Crippen molar-refractivity contribution in [3.63, 3.8) is 0 Å². The Morgan fingerprint density at radius 3 is 2.62 bits per heavy atom. The largest absolute Gasteiger partial charge is 0.379 e. The maximum atomic E-state index is 11.5. The Bertz CT molecular complexity index is 677. The van der Waals surface area contributed by atoms with Crippen LogP contribution >= 0.6 is 0 Å². The van der Waals surface area contributed by atoms with Crippen molar-refractivity contribution < 1.29 is 9.66 Å². The second-order valence-electron chi connectivity index (χ2n) is 5.56. The second-order valence-corrected chi connectivity index (χ2v) is 5.56. The van der Waals surface area contributed by atoms with Crippen LogP contribution in [0.2, 0.25) is 0 Å². The lowest BCUT2D eigenvalue weighted by molar-refractivity contribution is -0.383. The smallest absolute Gasteiger partial charge is 0.353 e. The fourth-order valence-electron chi connectivity index (χ4n) is 2.61. The van der Waals surface area contributed by atoms with Gasteiger partial charge in [0.05, 0.1) is 30.3 Å². The summed E-state index contributed by atoms with van der Waals surface area (Å²) < 4.78 is 5.29. The molecule has 0 radical (unpaired) electrons. The molecular weight excluding hydrogens is 340 g/mol. The molecule has 1 saturated heterocycles. The molecule has 0 amide bonds. The molecule has 1 aliphatic heterocycles. The summed E-state index contributed by atoms with van der Waals surface area (Å²) in [6.07, 6.45) is 1.98. The van der Waals surface area contributed by atoms with Gasteiger partial charge in [-0.15, -0.1) is 0 Å². The van der Waals surface area contributed by atoms with Gasteiger partial charge in [0.15, 0.2) is 0 Å². The van der Waals surface area contributed by atoms with Crippen molar-refractivity contribution in [2.45, 2.75) is 6.42 Å². The molecule has 0 spiro atoms. The van der Waals surface area contributed by atoms with Gasteiger partial charge < -0.3 is 15.0 Å². The van der Waals surface area contributed by atoms with Crippen LogP contribution in [0.5, 0.6) is 0 Å². The third-order valence-corrected chi connectivity index (χ3v) is 3.86. The summed E-state index contributed by atoms with van der Waals surface area (Å²) in [6, 6.07) is 3.76. The van der Waals surface area contributed by atoms with Crippen LogP contribution < -0.4 is 10.2 Å². The van der Waals surface area contributed by atoms with E-state index in [1.54, 1.807) is 0 Å². The summed E-state index contributed by atoms with van der Waals surface area (Å²) in [4.78, 5) is 22.3. The second kappa shape index (κ2) is 10.1. The van der Waals surface area contributed by atoms with E-state index in [0.717, 1.165) is 39.3 Å². The average molecular weight is 360 g/mol. The molecule has 0 unspecified atom stereocenters. The number of aromatic nitrogens is 2. The highest BCUT2D eigenvalue weighted by Gasteiger charge is 2.26. The first kappa shape index (κ1) is 19.3. The van der Waals surface area contributed by atoms with E-state index in [4.69, 9.17) is 15.3 Å². The van der Waals surface area contributed by atoms with Crippen LogP contribution in [0.25, 0.3) is 0 Å². The Hall–Kier alpha value is -3.02. The molecule has 0 bridgehead atoms. The fraction of sp³-hybridized carbons (Fsp3) is 0.600. The number of morpholine rings is 1. The SMILES string of the molecule is N#CCN(CC#N)c1ncnc(NCCCN2CCOCC2)c1[N+](=O)[O-]. The first-order valence-electron chi connectivity index (χ1n) is 8.19. The molecule has 1 aliphatic rings. The van der Waals surface area contributed by atoms with Crippen LogP contribution in [0, 0.1) is 32.8 Å². The molecular formula is C15H20N8O3. The van der Waals surface area contributed by atoms with Crippen molar-refractivity contribution in [3.05, 3.63) is 16.4 Å². The molecule has 0 aliphatic carbocycles.